The lowest BCUT2D eigenvalue weighted by atomic mass is 10.1. The normalized spacial score (nSPS) is 19.9. The van der Waals surface area contributed by atoms with Crippen LogP contribution < -0.4 is 15.4 Å². The zero-order valence-electron chi connectivity index (χ0n) is 11.0. The third-order valence-electron chi connectivity index (χ3n) is 3.21. The Morgan fingerprint density at radius 1 is 1.33 bits per heavy atom. The van der Waals surface area contributed by atoms with E-state index < -0.39 is 0 Å². The van der Waals surface area contributed by atoms with Gasteiger partial charge in [-0.25, -0.2) is 0 Å². The highest BCUT2D eigenvalue weighted by molar-refractivity contribution is 5.58. The predicted octanol–water partition coefficient (Wildman–Crippen LogP) is 1.64. The molecule has 0 amide bonds. The number of anilines is 1. The monoisotopic (exact) mass is 250 g/mol. The Bertz CT molecular complexity index is 371. The summed E-state index contributed by atoms with van der Waals surface area (Å²) in [6.45, 7) is 3.14. The summed E-state index contributed by atoms with van der Waals surface area (Å²) < 4.78 is 10.8. The first-order valence-corrected chi connectivity index (χ1v) is 6.52. The van der Waals surface area contributed by atoms with E-state index in [1.165, 1.54) is 0 Å². The Balaban J connectivity index is 2.06. The Morgan fingerprint density at radius 3 is 2.94 bits per heavy atom. The number of methoxy groups -OCH3 is 1. The van der Waals surface area contributed by atoms with Gasteiger partial charge in [-0.05, 0) is 25.0 Å². The molecular formula is C14H22N2O2. The molecule has 0 spiro atoms. The van der Waals surface area contributed by atoms with E-state index in [4.69, 9.17) is 15.2 Å². The number of nitrogens with zero attached hydrogens (tertiary/aromatic N) is 1. The Kier molecular flexibility index (Phi) is 4.84. The number of rotatable bonds is 5. The summed E-state index contributed by atoms with van der Waals surface area (Å²) in [5.74, 6) is 0.920. The summed E-state index contributed by atoms with van der Waals surface area (Å²) in [5.41, 5.74) is 7.17. The Hall–Kier alpha value is -1.26. The average molecular weight is 250 g/mol. The molecule has 4 nitrogen and oxygen atoms in total. The molecule has 0 aliphatic carbocycles. The van der Waals surface area contributed by atoms with Gasteiger partial charge in [0.25, 0.3) is 0 Å². The van der Waals surface area contributed by atoms with E-state index >= 15 is 0 Å². The first kappa shape index (κ1) is 13.2. The summed E-state index contributed by atoms with van der Waals surface area (Å²) in [5, 5.41) is 0. The number of benzene rings is 1. The van der Waals surface area contributed by atoms with Gasteiger partial charge < -0.3 is 20.1 Å². The van der Waals surface area contributed by atoms with E-state index in [2.05, 4.69) is 11.0 Å². The molecule has 1 unspecified atom stereocenters. The molecule has 1 atom stereocenters. The van der Waals surface area contributed by atoms with E-state index in [9.17, 15) is 0 Å². The van der Waals surface area contributed by atoms with E-state index in [1.807, 2.05) is 18.2 Å². The van der Waals surface area contributed by atoms with Crippen molar-refractivity contribution in [1.82, 2.24) is 0 Å². The predicted molar refractivity (Wildman–Crippen MR) is 73.2 cm³/mol. The lowest BCUT2D eigenvalue weighted by Gasteiger charge is -2.33. The van der Waals surface area contributed by atoms with Gasteiger partial charge in [-0.15, -0.1) is 0 Å². The lowest BCUT2D eigenvalue weighted by Crippen LogP contribution is -2.43. The number of piperidine rings is 1. The van der Waals surface area contributed by atoms with Gasteiger partial charge in [0.2, 0.25) is 0 Å². The van der Waals surface area contributed by atoms with Crippen molar-refractivity contribution in [2.75, 3.05) is 38.3 Å². The highest BCUT2D eigenvalue weighted by Gasteiger charge is 2.19. The van der Waals surface area contributed by atoms with Gasteiger partial charge in [0.15, 0.2) is 0 Å². The van der Waals surface area contributed by atoms with Crippen molar-refractivity contribution in [3.63, 3.8) is 0 Å². The number of nitrogens with two attached hydrogens (primary N) is 1. The third kappa shape index (κ3) is 3.37. The molecule has 1 aliphatic rings. The minimum absolute atomic E-state index is 0.269. The van der Waals surface area contributed by atoms with E-state index in [1.54, 1.807) is 7.11 Å². The average Bonchev–Trinajstić information content (AvgIpc) is 2.40. The molecule has 4 heteroatoms. The molecule has 1 aromatic carbocycles. The van der Waals surface area contributed by atoms with Crippen LogP contribution in [-0.2, 0) is 4.74 Å². The van der Waals surface area contributed by atoms with Crippen LogP contribution in [-0.4, -0.2) is 39.5 Å². The molecule has 100 valence electrons. The molecule has 0 radical (unpaired) electrons. The first-order valence-electron chi connectivity index (χ1n) is 6.52. The van der Waals surface area contributed by atoms with Crippen LogP contribution >= 0.6 is 0 Å². The first-order chi connectivity index (χ1) is 8.81. The van der Waals surface area contributed by atoms with Gasteiger partial charge in [0.05, 0.1) is 12.3 Å². The molecule has 18 heavy (non-hydrogen) atoms. The molecule has 1 aromatic rings. The fourth-order valence-electron chi connectivity index (χ4n) is 2.30. The fourth-order valence-corrected chi connectivity index (χ4v) is 2.30. The molecule has 2 N–H and O–H groups in total. The summed E-state index contributed by atoms with van der Waals surface area (Å²) in [6, 6.07) is 8.41. The summed E-state index contributed by atoms with van der Waals surface area (Å²) >= 11 is 0. The van der Waals surface area contributed by atoms with Crippen LogP contribution in [0.2, 0.25) is 0 Å². The number of hydrogen-bond acceptors (Lipinski definition) is 4. The molecule has 2 rings (SSSR count). The minimum atomic E-state index is 0.269. The maximum Gasteiger partial charge on any atom is 0.142 e. The fraction of sp³-hybridized carbons (Fsp3) is 0.571. The maximum absolute atomic E-state index is 6.03. The van der Waals surface area contributed by atoms with Crippen LogP contribution in [0.5, 0.6) is 5.75 Å². The topological polar surface area (TPSA) is 47.7 Å². The lowest BCUT2D eigenvalue weighted by molar-refractivity contribution is 0.146. The van der Waals surface area contributed by atoms with E-state index in [-0.39, 0.29) is 6.04 Å². The maximum atomic E-state index is 6.03. The van der Waals surface area contributed by atoms with Gasteiger partial charge in [-0.3, -0.25) is 0 Å². The van der Waals surface area contributed by atoms with Gasteiger partial charge in [0.1, 0.15) is 12.4 Å². The molecule has 1 fully saturated rings. The minimum Gasteiger partial charge on any atom is -0.489 e. The zero-order chi connectivity index (χ0) is 12.8. The quantitative estimate of drug-likeness (QED) is 0.807. The summed E-state index contributed by atoms with van der Waals surface area (Å²) in [7, 11) is 1.68. The molecule has 0 bridgehead atoms. The van der Waals surface area contributed by atoms with Crippen molar-refractivity contribution in [2.24, 2.45) is 5.73 Å². The summed E-state index contributed by atoms with van der Waals surface area (Å²) in [6.07, 6.45) is 2.26. The van der Waals surface area contributed by atoms with Gasteiger partial charge >= 0.3 is 0 Å². The van der Waals surface area contributed by atoms with Gasteiger partial charge in [-0.2, -0.15) is 0 Å². The number of hydrogen-bond donors (Lipinski definition) is 1. The van der Waals surface area contributed by atoms with Crippen LogP contribution in [0.25, 0.3) is 0 Å². The molecular weight excluding hydrogens is 228 g/mol. The van der Waals surface area contributed by atoms with Crippen molar-refractivity contribution in [1.29, 1.82) is 0 Å². The Labute approximate surface area is 109 Å². The van der Waals surface area contributed by atoms with Crippen molar-refractivity contribution in [2.45, 2.75) is 18.9 Å². The molecule has 1 heterocycles. The van der Waals surface area contributed by atoms with Crippen molar-refractivity contribution in [3.8, 4) is 5.75 Å². The SMILES string of the molecule is COCCOc1ccccc1N1CCCC(N)C1. The standard InChI is InChI=1S/C14H22N2O2/c1-17-9-10-18-14-7-3-2-6-13(14)16-8-4-5-12(15)11-16/h2-3,6-7,12H,4-5,8-11,15H2,1H3. The highest BCUT2D eigenvalue weighted by atomic mass is 16.5. The van der Waals surface area contributed by atoms with Crippen LogP contribution in [0.3, 0.4) is 0 Å². The second-order valence-electron chi connectivity index (χ2n) is 4.66. The zero-order valence-corrected chi connectivity index (χ0v) is 11.0. The molecule has 0 aromatic heterocycles. The smallest absolute Gasteiger partial charge is 0.142 e. The number of ether oxygens (including phenoxy) is 2. The second-order valence-corrected chi connectivity index (χ2v) is 4.66. The van der Waals surface area contributed by atoms with Crippen LogP contribution in [0.1, 0.15) is 12.8 Å². The molecule has 0 saturated carbocycles. The molecule has 1 saturated heterocycles. The van der Waals surface area contributed by atoms with Crippen LogP contribution in [0, 0.1) is 0 Å². The largest absolute Gasteiger partial charge is 0.489 e. The van der Waals surface area contributed by atoms with E-state index in [0.717, 1.165) is 37.4 Å². The van der Waals surface area contributed by atoms with Gasteiger partial charge in [-0.1, -0.05) is 12.1 Å². The Morgan fingerprint density at radius 2 is 2.17 bits per heavy atom. The van der Waals surface area contributed by atoms with Crippen LogP contribution in [0.4, 0.5) is 5.69 Å². The van der Waals surface area contributed by atoms with Crippen molar-refractivity contribution in [3.05, 3.63) is 24.3 Å². The number of para-hydroxylation sites is 2. The second kappa shape index (κ2) is 6.61. The van der Waals surface area contributed by atoms with E-state index in [0.29, 0.717) is 13.2 Å². The molecule has 1 aliphatic heterocycles. The third-order valence-corrected chi connectivity index (χ3v) is 3.21. The van der Waals surface area contributed by atoms with Gasteiger partial charge in [0, 0.05) is 26.2 Å². The van der Waals surface area contributed by atoms with Crippen molar-refractivity contribution < 1.29 is 9.47 Å². The highest BCUT2D eigenvalue weighted by Crippen LogP contribution is 2.29. The van der Waals surface area contributed by atoms with Crippen molar-refractivity contribution >= 4 is 5.69 Å². The van der Waals surface area contributed by atoms with Crippen LogP contribution in [0.15, 0.2) is 24.3 Å². The summed E-state index contributed by atoms with van der Waals surface area (Å²) in [4.78, 5) is 2.32.